The fourth-order valence-electron chi connectivity index (χ4n) is 2.66. The summed E-state index contributed by atoms with van der Waals surface area (Å²) in [6.45, 7) is 8.16. The normalized spacial score (nSPS) is 17.0. The summed E-state index contributed by atoms with van der Waals surface area (Å²) in [5, 5.41) is 3.46. The molecule has 0 radical (unpaired) electrons. The summed E-state index contributed by atoms with van der Waals surface area (Å²) in [6, 6.07) is 5.79. The standard InChI is InChI=1S/C17H27FN2O/c1-3-4-5-8-19-14(2)15-6-7-17(16(18)13-15)20-9-11-21-12-10-20/h6-7,13-14,19H,3-5,8-12H2,1-2H3/t14-/m0/s1. The van der Waals surface area contributed by atoms with Crippen LogP contribution in [0.1, 0.15) is 44.7 Å². The average molecular weight is 294 g/mol. The van der Waals surface area contributed by atoms with Gasteiger partial charge in [-0.05, 0) is 37.6 Å². The van der Waals surface area contributed by atoms with Gasteiger partial charge in [-0.25, -0.2) is 4.39 Å². The number of unbranched alkanes of at least 4 members (excludes halogenated alkanes) is 2. The highest BCUT2D eigenvalue weighted by atomic mass is 19.1. The van der Waals surface area contributed by atoms with Gasteiger partial charge in [0.1, 0.15) is 5.82 Å². The van der Waals surface area contributed by atoms with Crippen LogP contribution in [0.15, 0.2) is 18.2 Å². The third kappa shape index (κ3) is 4.68. The molecule has 0 aromatic heterocycles. The zero-order valence-corrected chi connectivity index (χ0v) is 13.2. The number of ether oxygens (including phenoxy) is 1. The molecule has 1 aliphatic rings. The van der Waals surface area contributed by atoms with E-state index in [1.807, 2.05) is 12.1 Å². The highest BCUT2D eigenvalue weighted by molar-refractivity contribution is 5.49. The maximum absolute atomic E-state index is 14.3. The number of nitrogens with zero attached hydrogens (tertiary/aromatic N) is 1. The first-order chi connectivity index (χ1) is 10.2. The van der Waals surface area contributed by atoms with E-state index >= 15 is 0 Å². The Kier molecular flexibility index (Phi) is 6.46. The third-order valence-corrected chi connectivity index (χ3v) is 4.05. The van der Waals surface area contributed by atoms with E-state index in [2.05, 4.69) is 24.1 Å². The highest BCUT2D eigenvalue weighted by Gasteiger charge is 2.16. The van der Waals surface area contributed by atoms with Gasteiger partial charge < -0.3 is 15.0 Å². The van der Waals surface area contributed by atoms with Gasteiger partial charge in [0.05, 0.1) is 18.9 Å². The summed E-state index contributed by atoms with van der Waals surface area (Å²) in [5.41, 5.74) is 1.71. The molecule has 0 aliphatic carbocycles. The molecule has 0 saturated carbocycles. The maximum atomic E-state index is 14.3. The Bertz CT molecular complexity index is 433. The van der Waals surface area contributed by atoms with E-state index in [0.717, 1.165) is 25.2 Å². The van der Waals surface area contributed by atoms with Gasteiger partial charge in [0.2, 0.25) is 0 Å². The Hall–Kier alpha value is -1.13. The van der Waals surface area contributed by atoms with Crippen LogP contribution >= 0.6 is 0 Å². The Morgan fingerprint density at radius 1 is 1.29 bits per heavy atom. The number of anilines is 1. The summed E-state index contributed by atoms with van der Waals surface area (Å²) in [6.07, 6.45) is 3.64. The number of hydrogen-bond acceptors (Lipinski definition) is 3. The second kappa shape index (κ2) is 8.35. The molecule has 1 N–H and O–H groups in total. The SMILES string of the molecule is CCCCCN[C@@H](C)c1ccc(N2CCOCC2)c(F)c1. The van der Waals surface area contributed by atoms with Crippen molar-refractivity contribution >= 4 is 5.69 Å². The van der Waals surface area contributed by atoms with Crippen molar-refractivity contribution in [2.75, 3.05) is 37.7 Å². The van der Waals surface area contributed by atoms with Crippen LogP contribution in [0.25, 0.3) is 0 Å². The molecule has 0 unspecified atom stereocenters. The Labute approximate surface area is 127 Å². The molecule has 2 rings (SSSR count). The second-order valence-corrected chi connectivity index (χ2v) is 5.69. The average Bonchev–Trinajstić information content (AvgIpc) is 2.52. The Morgan fingerprint density at radius 3 is 2.71 bits per heavy atom. The van der Waals surface area contributed by atoms with Crippen LogP contribution in [-0.4, -0.2) is 32.8 Å². The number of rotatable bonds is 7. The van der Waals surface area contributed by atoms with Gasteiger partial charge in [-0.15, -0.1) is 0 Å². The number of hydrogen-bond donors (Lipinski definition) is 1. The summed E-state index contributed by atoms with van der Waals surface area (Å²) in [7, 11) is 0. The zero-order chi connectivity index (χ0) is 15.1. The fourth-order valence-corrected chi connectivity index (χ4v) is 2.66. The number of morpholine rings is 1. The van der Waals surface area contributed by atoms with Crippen molar-refractivity contribution < 1.29 is 9.13 Å². The van der Waals surface area contributed by atoms with Crippen LogP contribution in [0.5, 0.6) is 0 Å². The monoisotopic (exact) mass is 294 g/mol. The fraction of sp³-hybridized carbons (Fsp3) is 0.647. The van der Waals surface area contributed by atoms with E-state index < -0.39 is 0 Å². The summed E-state index contributed by atoms with van der Waals surface area (Å²) in [4.78, 5) is 2.06. The minimum Gasteiger partial charge on any atom is -0.378 e. The highest BCUT2D eigenvalue weighted by Crippen LogP contribution is 2.24. The van der Waals surface area contributed by atoms with Crippen LogP contribution in [0.4, 0.5) is 10.1 Å². The van der Waals surface area contributed by atoms with Crippen LogP contribution in [-0.2, 0) is 4.74 Å². The van der Waals surface area contributed by atoms with E-state index in [4.69, 9.17) is 4.74 Å². The lowest BCUT2D eigenvalue weighted by Crippen LogP contribution is -2.36. The van der Waals surface area contributed by atoms with Crippen LogP contribution in [0.3, 0.4) is 0 Å². The van der Waals surface area contributed by atoms with E-state index in [9.17, 15) is 4.39 Å². The number of nitrogens with one attached hydrogen (secondary N) is 1. The smallest absolute Gasteiger partial charge is 0.146 e. The molecule has 1 atom stereocenters. The predicted octanol–water partition coefficient (Wildman–Crippen LogP) is 3.50. The molecule has 1 aliphatic heterocycles. The van der Waals surface area contributed by atoms with Crippen LogP contribution in [0, 0.1) is 5.82 Å². The number of halogens is 1. The van der Waals surface area contributed by atoms with Gasteiger partial charge in [0.15, 0.2) is 0 Å². The molecule has 1 saturated heterocycles. The van der Waals surface area contributed by atoms with Crippen molar-refractivity contribution in [3.05, 3.63) is 29.6 Å². The third-order valence-electron chi connectivity index (χ3n) is 4.05. The van der Waals surface area contributed by atoms with Crippen molar-refractivity contribution in [2.45, 2.75) is 39.2 Å². The first-order valence-corrected chi connectivity index (χ1v) is 8.08. The molecular weight excluding hydrogens is 267 g/mol. The maximum Gasteiger partial charge on any atom is 0.146 e. The quantitative estimate of drug-likeness (QED) is 0.779. The van der Waals surface area contributed by atoms with Gasteiger partial charge >= 0.3 is 0 Å². The van der Waals surface area contributed by atoms with Crippen molar-refractivity contribution in [1.82, 2.24) is 5.32 Å². The van der Waals surface area contributed by atoms with Crippen molar-refractivity contribution in [3.63, 3.8) is 0 Å². The van der Waals surface area contributed by atoms with E-state index in [1.165, 1.54) is 19.3 Å². The first kappa shape index (κ1) is 16.2. The minimum atomic E-state index is -0.128. The lowest BCUT2D eigenvalue weighted by Gasteiger charge is -2.29. The molecule has 118 valence electrons. The van der Waals surface area contributed by atoms with Crippen molar-refractivity contribution in [1.29, 1.82) is 0 Å². The first-order valence-electron chi connectivity index (χ1n) is 8.08. The summed E-state index contributed by atoms with van der Waals surface area (Å²) < 4.78 is 19.6. The summed E-state index contributed by atoms with van der Waals surface area (Å²) >= 11 is 0. The van der Waals surface area contributed by atoms with Crippen LogP contribution < -0.4 is 10.2 Å². The van der Waals surface area contributed by atoms with Gasteiger partial charge in [0.25, 0.3) is 0 Å². The Balaban J connectivity index is 1.94. The predicted molar refractivity (Wildman–Crippen MR) is 85.4 cm³/mol. The second-order valence-electron chi connectivity index (χ2n) is 5.69. The molecule has 1 fully saturated rings. The molecular formula is C17H27FN2O. The van der Waals surface area contributed by atoms with Gasteiger partial charge in [-0.2, -0.15) is 0 Å². The lowest BCUT2D eigenvalue weighted by molar-refractivity contribution is 0.122. The molecule has 1 aromatic carbocycles. The topological polar surface area (TPSA) is 24.5 Å². The molecule has 0 amide bonds. The summed E-state index contributed by atoms with van der Waals surface area (Å²) in [5.74, 6) is -0.128. The minimum absolute atomic E-state index is 0.128. The largest absolute Gasteiger partial charge is 0.378 e. The number of benzene rings is 1. The molecule has 1 aromatic rings. The van der Waals surface area contributed by atoms with Gasteiger partial charge in [0, 0.05) is 19.1 Å². The van der Waals surface area contributed by atoms with Gasteiger partial charge in [-0.3, -0.25) is 0 Å². The van der Waals surface area contributed by atoms with Crippen molar-refractivity contribution in [2.24, 2.45) is 0 Å². The van der Waals surface area contributed by atoms with Gasteiger partial charge in [-0.1, -0.05) is 25.8 Å². The van der Waals surface area contributed by atoms with E-state index in [0.29, 0.717) is 18.9 Å². The van der Waals surface area contributed by atoms with E-state index in [1.54, 1.807) is 6.07 Å². The molecule has 0 spiro atoms. The molecule has 0 bridgehead atoms. The zero-order valence-electron chi connectivity index (χ0n) is 13.2. The van der Waals surface area contributed by atoms with E-state index in [-0.39, 0.29) is 11.9 Å². The lowest BCUT2D eigenvalue weighted by atomic mass is 10.1. The van der Waals surface area contributed by atoms with Crippen LogP contribution in [0.2, 0.25) is 0 Å². The molecule has 1 heterocycles. The molecule has 21 heavy (non-hydrogen) atoms. The van der Waals surface area contributed by atoms with Crippen molar-refractivity contribution in [3.8, 4) is 0 Å². The Morgan fingerprint density at radius 2 is 2.05 bits per heavy atom. The molecule has 4 heteroatoms. The molecule has 3 nitrogen and oxygen atoms in total.